The van der Waals surface area contributed by atoms with Crippen molar-refractivity contribution >= 4 is 5.97 Å². The van der Waals surface area contributed by atoms with Crippen LogP contribution in [-0.2, 0) is 0 Å². The molecule has 5 nitrogen and oxygen atoms in total. The van der Waals surface area contributed by atoms with E-state index in [1.165, 1.54) is 0 Å². The van der Waals surface area contributed by atoms with Crippen LogP contribution in [0.2, 0.25) is 0 Å². The Morgan fingerprint density at radius 1 is 1.41 bits per heavy atom. The molecule has 1 heterocycles. The summed E-state index contributed by atoms with van der Waals surface area (Å²) in [5, 5.41) is 8.91. The molecule has 0 bridgehead atoms. The molecule has 1 aromatic heterocycles. The van der Waals surface area contributed by atoms with Crippen molar-refractivity contribution < 1.29 is 19.1 Å². The number of rotatable bonds is 4. The molecule has 0 fully saturated rings. The van der Waals surface area contributed by atoms with Crippen molar-refractivity contribution in [1.29, 1.82) is 0 Å². The molecule has 1 N–H and O–H groups in total. The highest BCUT2D eigenvalue weighted by atomic mass is 16.5. The van der Waals surface area contributed by atoms with Crippen molar-refractivity contribution in [1.82, 2.24) is 4.98 Å². The van der Waals surface area contributed by atoms with Gasteiger partial charge in [0.1, 0.15) is 5.75 Å². The summed E-state index contributed by atoms with van der Waals surface area (Å²) in [7, 11) is 0. The summed E-state index contributed by atoms with van der Waals surface area (Å²) < 4.78 is 10.4. The van der Waals surface area contributed by atoms with Gasteiger partial charge in [-0.05, 0) is 31.2 Å². The first-order chi connectivity index (χ1) is 8.22. The predicted octanol–water partition coefficient (Wildman–Crippen LogP) is 2.44. The van der Waals surface area contributed by atoms with E-state index in [0.717, 1.165) is 12.1 Å². The van der Waals surface area contributed by atoms with Crippen molar-refractivity contribution in [3.63, 3.8) is 0 Å². The average Bonchev–Trinajstić information content (AvgIpc) is 2.79. The normalized spacial score (nSPS) is 10.2. The van der Waals surface area contributed by atoms with Gasteiger partial charge >= 0.3 is 5.97 Å². The Morgan fingerprint density at radius 2 is 2.12 bits per heavy atom. The van der Waals surface area contributed by atoms with Crippen molar-refractivity contribution in [2.45, 2.75) is 6.92 Å². The van der Waals surface area contributed by atoms with Crippen LogP contribution in [0, 0.1) is 0 Å². The number of carboxylic acid groups (broad SMARTS) is 1. The quantitative estimate of drug-likeness (QED) is 0.877. The summed E-state index contributed by atoms with van der Waals surface area (Å²) >= 11 is 0. The van der Waals surface area contributed by atoms with Gasteiger partial charge in [0.15, 0.2) is 17.8 Å². The smallest absolute Gasteiger partial charge is 0.358 e. The summed E-state index contributed by atoms with van der Waals surface area (Å²) in [5.41, 5.74) is 0.567. The van der Waals surface area contributed by atoms with Crippen molar-refractivity contribution in [3.05, 3.63) is 36.4 Å². The Labute approximate surface area is 97.7 Å². The zero-order valence-corrected chi connectivity index (χ0v) is 9.21. The van der Waals surface area contributed by atoms with Gasteiger partial charge in [-0.2, -0.15) is 0 Å². The number of carboxylic acids is 1. The lowest BCUT2D eigenvalue weighted by Crippen LogP contribution is -1.98. The lowest BCUT2D eigenvalue weighted by atomic mass is 10.1. The van der Waals surface area contributed by atoms with E-state index in [4.69, 9.17) is 14.3 Å². The molecule has 0 aliphatic rings. The second-order valence-electron chi connectivity index (χ2n) is 3.29. The molecule has 1 aromatic carbocycles. The molecule has 0 aliphatic heterocycles. The second-order valence-corrected chi connectivity index (χ2v) is 3.29. The number of aromatic nitrogens is 1. The van der Waals surface area contributed by atoms with Crippen LogP contribution in [-0.4, -0.2) is 22.7 Å². The standard InChI is InChI=1S/C12H11NO4/c1-2-16-9-5-3-8(4-6-9)11-10(12(14)15)13-7-17-11/h3-7H,2H2,1H3,(H,14,15). The number of benzene rings is 1. The molecule has 88 valence electrons. The lowest BCUT2D eigenvalue weighted by molar-refractivity contribution is 0.0691. The summed E-state index contributed by atoms with van der Waals surface area (Å²) in [6.45, 7) is 2.48. The fraction of sp³-hybridized carbons (Fsp3) is 0.167. The maximum Gasteiger partial charge on any atom is 0.358 e. The van der Waals surface area contributed by atoms with Gasteiger partial charge in [0.05, 0.1) is 6.61 Å². The zero-order valence-electron chi connectivity index (χ0n) is 9.21. The van der Waals surface area contributed by atoms with E-state index in [1.54, 1.807) is 24.3 Å². The molecule has 2 rings (SSSR count). The Hall–Kier alpha value is -2.30. The highest BCUT2D eigenvalue weighted by molar-refractivity contribution is 5.92. The van der Waals surface area contributed by atoms with Crippen LogP contribution >= 0.6 is 0 Å². The van der Waals surface area contributed by atoms with Crippen molar-refractivity contribution in [2.75, 3.05) is 6.61 Å². The first kappa shape index (κ1) is 11.2. The molecule has 5 heteroatoms. The maximum absolute atomic E-state index is 10.9. The first-order valence-electron chi connectivity index (χ1n) is 5.12. The Balaban J connectivity index is 2.33. The second kappa shape index (κ2) is 4.69. The van der Waals surface area contributed by atoms with Crippen LogP contribution in [0.5, 0.6) is 5.75 Å². The molecule has 0 saturated carbocycles. The van der Waals surface area contributed by atoms with E-state index in [1.807, 2.05) is 6.92 Å². The minimum Gasteiger partial charge on any atom is -0.494 e. The zero-order chi connectivity index (χ0) is 12.3. The molecule has 0 aliphatic carbocycles. The molecule has 0 amide bonds. The molecule has 0 saturated heterocycles. The number of ether oxygens (including phenoxy) is 1. The van der Waals surface area contributed by atoms with Gasteiger partial charge in [0.25, 0.3) is 0 Å². The molecule has 2 aromatic rings. The lowest BCUT2D eigenvalue weighted by Gasteiger charge is -2.03. The number of nitrogens with zero attached hydrogens (tertiary/aromatic N) is 1. The van der Waals surface area contributed by atoms with E-state index in [9.17, 15) is 4.79 Å². The Bertz CT molecular complexity index is 516. The fourth-order valence-electron chi connectivity index (χ4n) is 1.47. The molecule has 0 spiro atoms. The molecule has 0 radical (unpaired) electrons. The van der Waals surface area contributed by atoms with E-state index < -0.39 is 5.97 Å². The SMILES string of the molecule is CCOc1ccc(-c2ocnc2C(=O)O)cc1. The fourth-order valence-corrected chi connectivity index (χ4v) is 1.47. The summed E-state index contributed by atoms with van der Waals surface area (Å²) in [4.78, 5) is 14.5. The molecular weight excluding hydrogens is 222 g/mol. The van der Waals surface area contributed by atoms with Crippen molar-refractivity contribution in [2.24, 2.45) is 0 Å². The number of aromatic carboxylic acids is 1. The van der Waals surface area contributed by atoms with Gasteiger partial charge in [0.2, 0.25) is 0 Å². The Kier molecular flexibility index (Phi) is 3.09. The predicted molar refractivity (Wildman–Crippen MR) is 60.1 cm³/mol. The molecular formula is C12H11NO4. The number of hydrogen-bond acceptors (Lipinski definition) is 4. The Morgan fingerprint density at radius 3 is 2.71 bits per heavy atom. The van der Waals surface area contributed by atoms with Crippen LogP contribution in [0.15, 0.2) is 35.1 Å². The van der Waals surface area contributed by atoms with Gasteiger partial charge < -0.3 is 14.3 Å². The molecule has 0 atom stereocenters. The van der Waals surface area contributed by atoms with E-state index in [2.05, 4.69) is 4.98 Å². The third-order valence-corrected chi connectivity index (χ3v) is 2.20. The van der Waals surface area contributed by atoms with Crippen LogP contribution < -0.4 is 4.74 Å². The monoisotopic (exact) mass is 233 g/mol. The van der Waals surface area contributed by atoms with Crippen LogP contribution in [0.25, 0.3) is 11.3 Å². The third-order valence-electron chi connectivity index (χ3n) is 2.20. The topological polar surface area (TPSA) is 72.6 Å². The highest BCUT2D eigenvalue weighted by Gasteiger charge is 2.16. The van der Waals surface area contributed by atoms with Gasteiger partial charge in [0, 0.05) is 5.56 Å². The van der Waals surface area contributed by atoms with Gasteiger partial charge in [-0.1, -0.05) is 0 Å². The average molecular weight is 233 g/mol. The largest absolute Gasteiger partial charge is 0.494 e. The van der Waals surface area contributed by atoms with E-state index >= 15 is 0 Å². The summed E-state index contributed by atoms with van der Waals surface area (Å²) in [5.74, 6) is -0.129. The van der Waals surface area contributed by atoms with Crippen LogP contribution in [0.4, 0.5) is 0 Å². The van der Waals surface area contributed by atoms with Gasteiger partial charge in [-0.3, -0.25) is 0 Å². The van der Waals surface area contributed by atoms with Gasteiger partial charge in [-0.25, -0.2) is 9.78 Å². The number of hydrogen-bond donors (Lipinski definition) is 1. The number of carbonyl (C=O) groups is 1. The van der Waals surface area contributed by atoms with Crippen LogP contribution in [0.1, 0.15) is 17.4 Å². The minimum absolute atomic E-state index is 0.0887. The third kappa shape index (κ3) is 2.28. The highest BCUT2D eigenvalue weighted by Crippen LogP contribution is 2.25. The summed E-state index contributed by atoms with van der Waals surface area (Å²) in [6.07, 6.45) is 1.12. The molecule has 17 heavy (non-hydrogen) atoms. The number of oxazole rings is 1. The van der Waals surface area contributed by atoms with Gasteiger partial charge in [-0.15, -0.1) is 0 Å². The van der Waals surface area contributed by atoms with E-state index in [0.29, 0.717) is 12.2 Å². The minimum atomic E-state index is -1.11. The van der Waals surface area contributed by atoms with Crippen molar-refractivity contribution in [3.8, 4) is 17.1 Å². The maximum atomic E-state index is 10.9. The first-order valence-corrected chi connectivity index (χ1v) is 5.12. The molecule has 0 unspecified atom stereocenters. The summed E-state index contributed by atoms with van der Waals surface area (Å²) in [6, 6.07) is 6.98. The van der Waals surface area contributed by atoms with Crippen LogP contribution in [0.3, 0.4) is 0 Å². The van der Waals surface area contributed by atoms with E-state index in [-0.39, 0.29) is 11.5 Å².